The van der Waals surface area contributed by atoms with E-state index < -0.39 is 5.41 Å². The van der Waals surface area contributed by atoms with Crippen molar-refractivity contribution >= 4 is 44.9 Å². The van der Waals surface area contributed by atoms with Crippen molar-refractivity contribution in [3.8, 4) is 22.6 Å². The van der Waals surface area contributed by atoms with Crippen LogP contribution in [-0.4, -0.2) is 0 Å². The lowest BCUT2D eigenvalue weighted by molar-refractivity contribution is 0.441. The molecule has 56 heavy (non-hydrogen) atoms. The van der Waals surface area contributed by atoms with Gasteiger partial charge in [-0.1, -0.05) is 146 Å². The average Bonchev–Trinajstić information content (AvgIpc) is 3.56. The number of benzene rings is 9. The highest BCUT2D eigenvalue weighted by Crippen LogP contribution is 2.65. The first-order valence-corrected chi connectivity index (χ1v) is 19.2. The van der Waals surface area contributed by atoms with E-state index in [-0.39, 0.29) is 0 Å². The number of ether oxygens (including phenoxy) is 1. The van der Waals surface area contributed by atoms with Gasteiger partial charge in [0, 0.05) is 50.5 Å². The molecule has 0 N–H and O–H groups in total. The molecule has 0 saturated carbocycles. The second-order valence-electron chi connectivity index (χ2n) is 14.5. The first-order valence-electron chi connectivity index (χ1n) is 19.2. The van der Waals surface area contributed by atoms with E-state index in [2.05, 4.69) is 228 Å². The Labute approximate surface area is 326 Å². The van der Waals surface area contributed by atoms with Crippen LogP contribution in [0.3, 0.4) is 0 Å². The highest BCUT2D eigenvalue weighted by Gasteiger charge is 2.52. The zero-order valence-electron chi connectivity index (χ0n) is 30.6. The van der Waals surface area contributed by atoms with Crippen LogP contribution in [0.5, 0.6) is 11.5 Å². The summed E-state index contributed by atoms with van der Waals surface area (Å²) in [7, 11) is 0. The van der Waals surface area contributed by atoms with Crippen molar-refractivity contribution in [3.05, 3.63) is 241 Å². The maximum Gasteiger partial charge on any atom is 0.140 e. The summed E-state index contributed by atoms with van der Waals surface area (Å²) in [5.41, 5.74) is 13.1. The summed E-state index contributed by atoms with van der Waals surface area (Å²) in [4.78, 5) is 4.77. The van der Waals surface area contributed by atoms with Crippen molar-refractivity contribution in [1.82, 2.24) is 0 Å². The molecule has 0 amide bonds. The second-order valence-corrected chi connectivity index (χ2v) is 14.5. The molecule has 3 heteroatoms. The largest absolute Gasteiger partial charge is 0.456 e. The smallest absolute Gasteiger partial charge is 0.140 e. The van der Waals surface area contributed by atoms with E-state index in [1.54, 1.807) is 0 Å². The molecule has 0 fully saturated rings. The lowest BCUT2D eigenvalue weighted by Crippen LogP contribution is -2.32. The van der Waals surface area contributed by atoms with Gasteiger partial charge in [-0.3, -0.25) is 0 Å². The molecule has 0 saturated heterocycles. The Hall–Kier alpha value is -7.36. The number of rotatable bonds is 6. The molecule has 1 aliphatic heterocycles. The summed E-state index contributed by atoms with van der Waals surface area (Å²) in [6.07, 6.45) is 0. The molecule has 0 radical (unpaired) electrons. The lowest BCUT2D eigenvalue weighted by Gasteiger charge is -2.40. The average molecular weight is 717 g/mol. The van der Waals surface area contributed by atoms with E-state index in [0.29, 0.717) is 0 Å². The Bertz CT molecular complexity index is 2810. The summed E-state index contributed by atoms with van der Waals surface area (Å²) in [5, 5.41) is 2.26. The van der Waals surface area contributed by atoms with Crippen LogP contribution in [0, 0.1) is 0 Å². The molecule has 1 aliphatic carbocycles. The van der Waals surface area contributed by atoms with Gasteiger partial charge in [0.1, 0.15) is 11.5 Å². The van der Waals surface area contributed by atoms with Crippen LogP contribution in [0.15, 0.2) is 218 Å². The summed E-state index contributed by atoms with van der Waals surface area (Å²) in [6, 6.07) is 78.5. The van der Waals surface area contributed by atoms with E-state index in [4.69, 9.17) is 4.74 Å². The molecule has 2 aliphatic rings. The van der Waals surface area contributed by atoms with Crippen LogP contribution in [0.25, 0.3) is 21.9 Å². The van der Waals surface area contributed by atoms with Gasteiger partial charge in [-0.25, -0.2) is 0 Å². The molecule has 11 rings (SSSR count). The fourth-order valence-corrected chi connectivity index (χ4v) is 9.20. The normalized spacial score (nSPS) is 14.6. The predicted octanol–water partition coefficient (Wildman–Crippen LogP) is 14.2. The van der Waals surface area contributed by atoms with Crippen molar-refractivity contribution in [2.24, 2.45) is 0 Å². The Morgan fingerprint density at radius 1 is 0.357 bits per heavy atom. The van der Waals surface area contributed by atoms with E-state index in [1.165, 1.54) is 22.3 Å². The Morgan fingerprint density at radius 3 is 1.57 bits per heavy atom. The lowest BCUT2D eigenvalue weighted by atomic mass is 9.65. The fraction of sp³-hybridized carbons (Fsp3) is 0.0189. The summed E-state index contributed by atoms with van der Waals surface area (Å²) in [5.74, 6) is 1.78. The summed E-state index contributed by atoms with van der Waals surface area (Å²) >= 11 is 0. The number of hydrogen-bond donors (Lipinski definition) is 0. The van der Waals surface area contributed by atoms with Crippen LogP contribution in [0.2, 0.25) is 0 Å². The number of nitrogens with zero attached hydrogens (tertiary/aromatic N) is 2. The van der Waals surface area contributed by atoms with Gasteiger partial charge < -0.3 is 14.5 Å². The van der Waals surface area contributed by atoms with Gasteiger partial charge in [-0.2, -0.15) is 0 Å². The molecule has 0 bridgehead atoms. The van der Waals surface area contributed by atoms with Gasteiger partial charge in [0.2, 0.25) is 0 Å². The third-order valence-electron chi connectivity index (χ3n) is 11.5. The number of anilines is 6. The minimum Gasteiger partial charge on any atom is -0.456 e. The van der Waals surface area contributed by atoms with Gasteiger partial charge in [0.05, 0.1) is 11.1 Å². The number of hydrogen-bond acceptors (Lipinski definition) is 3. The third-order valence-corrected chi connectivity index (χ3v) is 11.5. The van der Waals surface area contributed by atoms with Crippen LogP contribution in [0.1, 0.15) is 22.3 Å². The standard InChI is InChI=1S/C53H36N2O/c1-5-19-38(20-6-1)54(39-21-7-2-8-22-39)42-33-34-44-48(36-42)53(45-28-15-16-31-50(45)56-52-43-27-14-13-18-37(43)32-35-47(52)53)46-29-17-30-49(51(44)46)55(40-23-9-3-10-24-40)41-25-11-4-12-26-41/h1-36H. The molecule has 1 atom stereocenters. The number of fused-ring (bicyclic) bond motifs is 11. The van der Waals surface area contributed by atoms with E-state index in [0.717, 1.165) is 67.5 Å². The van der Waals surface area contributed by atoms with Gasteiger partial charge in [0.15, 0.2) is 0 Å². The van der Waals surface area contributed by atoms with E-state index in [9.17, 15) is 0 Å². The topological polar surface area (TPSA) is 15.7 Å². The Morgan fingerprint density at radius 2 is 0.911 bits per heavy atom. The maximum atomic E-state index is 7.02. The molecular weight excluding hydrogens is 681 g/mol. The van der Waals surface area contributed by atoms with Crippen molar-refractivity contribution in [3.63, 3.8) is 0 Å². The summed E-state index contributed by atoms with van der Waals surface area (Å²) < 4.78 is 7.02. The van der Waals surface area contributed by atoms with Crippen molar-refractivity contribution in [2.45, 2.75) is 5.41 Å². The monoisotopic (exact) mass is 716 g/mol. The van der Waals surface area contributed by atoms with Crippen molar-refractivity contribution < 1.29 is 4.74 Å². The molecule has 1 unspecified atom stereocenters. The van der Waals surface area contributed by atoms with Crippen LogP contribution >= 0.6 is 0 Å². The first-order chi connectivity index (χ1) is 27.8. The zero-order chi connectivity index (χ0) is 37.1. The second kappa shape index (κ2) is 12.9. The minimum atomic E-state index is -0.691. The zero-order valence-corrected chi connectivity index (χ0v) is 30.6. The van der Waals surface area contributed by atoms with Crippen LogP contribution in [0.4, 0.5) is 34.1 Å². The Balaban J connectivity index is 1.28. The molecular formula is C53H36N2O. The van der Waals surface area contributed by atoms with Gasteiger partial charge in [-0.15, -0.1) is 0 Å². The number of para-hydroxylation sites is 5. The molecule has 1 spiro atoms. The molecule has 9 aromatic carbocycles. The van der Waals surface area contributed by atoms with Crippen molar-refractivity contribution in [2.75, 3.05) is 9.80 Å². The van der Waals surface area contributed by atoms with Crippen LogP contribution in [-0.2, 0) is 5.41 Å². The van der Waals surface area contributed by atoms with Gasteiger partial charge in [-0.05, 0) is 94.9 Å². The SMILES string of the molecule is c1ccc(N(c2ccccc2)c2ccc3c(c2)C2(c4ccccc4Oc4c2ccc2ccccc42)c2cccc(N(c4ccccc4)c4ccccc4)c2-3)cc1. The third kappa shape index (κ3) is 4.77. The maximum absolute atomic E-state index is 7.02. The van der Waals surface area contributed by atoms with Gasteiger partial charge in [0.25, 0.3) is 0 Å². The molecule has 0 aromatic heterocycles. The van der Waals surface area contributed by atoms with Crippen molar-refractivity contribution in [1.29, 1.82) is 0 Å². The van der Waals surface area contributed by atoms with E-state index >= 15 is 0 Å². The van der Waals surface area contributed by atoms with Crippen LogP contribution < -0.4 is 14.5 Å². The first kappa shape index (κ1) is 32.1. The highest BCUT2D eigenvalue weighted by molar-refractivity contribution is 6.01. The molecule has 264 valence electrons. The molecule has 9 aromatic rings. The fourth-order valence-electron chi connectivity index (χ4n) is 9.20. The highest BCUT2D eigenvalue weighted by atomic mass is 16.5. The molecule has 3 nitrogen and oxygen atoms in total. The quantitative estimate of drug-likeness (QED) is 0.170. The predicted molar refractivity (Wildman–Crippen MR) is 231 cm³/mol. The summed E-state index contributed by atoms with van der Waals surface area (Å²) in [6.45, 7) is 0. The van der Waals surface area contributed by atoms with E-state index in [1.807, 2.05) is 0 Å². The van der Waals surface area contributed by atoms with Gasteiger partial charge >= 0.3 is 0 Å². The Kier molecular flexibility index (Phi) is 7.39. The minimum absolute atomic E-state index is 0.691. The molecule has 1 heterocycles.